The third kappa shape index (κ3) is 7.54. The Kier molecular flexibility index (Phi) is 9.90. The van der Waals surface area contributed by atoms with E-state index < -0.39 is 42.1 Å². The maximum Gasteiger partial charge on any atom is 0.453 e. The van der Waals surface area contributed by atoms with Crippen LogP contribution in [0.25, 0.3) is 0 Å². The molecule has 2 amide bonds. The van der Waals surface area contributed by atoms with E-state index in [4.69, 9.17) is 9.47 Å². The Bertz CT molecular complexity index is 1050. The number of nitriles is 1. The molecule has 2 atom stereocenters. The molecule has 0 unspecified atom stereocenters. The van der Waals surface area contributed by atoms with Gasteiger partial charge in [0.15, 0.2) is 0 Å². The monoisotopic (exact) mass is 530 g/mol. The van der Waals surface area contributed by atoms with Gasteiger partial charge in [0, 0.05) is 31.5 Å². The number of likely N-dealkylation sites (tertiary alicyclic amines) is 1. The van der Waals surface area contributed by atoms with Gasteiger partial charge in [-0.2, -0.15) is 5.26 Å². The molecule has 0 aliphatic carbocycles. The largest absolute Gasteiger partial charge is 0.453 e. The van der Waals surface area contributed by atoms with E-state index >= 15 is 0 Å². The molecule has 1 aromatic carbocycles. The third-order valence-corrected chi connectivity index (χ3v) is 7.19. The van der Waals surface area contributed by atoms with Crippen LogP contribution in [0.5, 0.6) is 0 Å². The summed E-state index contributed by atoms with van der Waals surface area (Å²) in [5.74, 6) is -0.872. The van der Waals surface area contributed by atoms with Crippen LogP contribution in [0, 0.1) is 17.1 Å². The van der Waals surface area contributed by atoms with Gasteiger partial charge in [0.2, 0.25) is 0 Å². The summed E-state index contributed by atoms with van der Waals surface area (Å²) < 4.78 is 24.2. The first-order valence-corrected chi connectivity index (χ1v) is 12.8. The molecule has 2 aliphatic heterocycles. The second-order valence-electron chi connectivity index (χ2n) is 10.5. The van der Waals surface area contributed by atoms with E-state index in [1.54, 1.807) is 11.0 Å². The Morgan fingerprint density at radius 2 is 1.95 bits per heavy atom. The van der Waals surface area contributed by atoms with E-state index in [0.29, 0.717) is 51.3 Å². The van der Waals surface area contributed by atoms with Gasteiger partial charge < -0.3 is 29.7 Å². The number of carbonyl (C=O) groups is 2. The summed E-state index contributed by atoms with van der Waals surface area (Å²) >= 11 is 0. The van der Waals surface area contributed by atoms with Crippen molar-refractivity contribution in [2.24, 2.45) is 0 Å². The molecule has 206 valence electrons. The van der Waals surface area contributed by atoms with E-state index in [9.17, 15) is 29.3 Å². The molecule has 2 saturated heterocycles. The number of hydrogen-bond acceptors (Lipinski definition) is 8. The van der Waals surface area contributed by atoms with Crippen molar-refractivity contribution in [1.82, 2.24) is 15.1 Å². The summed E-state index contributed by atoms with van der Waals surface area (Å²) in [7, 11) is -1.70. The quantitative estimate of drug-likeness (QED) is 0.251. The smallest absolute Gasteiger partial charge is 0.447 e. The molecule has 0 saturated carbocycles. The molecule has 0 aromatic heterocycles. The maximum atomic E-state index is 13.5. The van der Waals surface area contributed by atoms with E-state index in [1.165, 1.54) is 24.3 Å². The molecule has 2 aliphatic rings. The molecule has 10 nitrogen and oxygen atoms in total. The third-order valence-electron chi connectivity index (χ3n) is 7.19. The van der Waals surface area contributed by atoms with Crippen LogP contribution in [-0.4, -0.2) is 89.5 Å². The second kappa shape index (κ2) is 12.7. The summed E-state index contributed by atoms with van der Waals surface area (Å²) in [6.45, 7) is 8.62. The zero-order valence-corrected chi connectivity index (χ0v) is 22.2. The average Bonchev–Trinajstić information content (AvgIpc) is 3.27. The Balaban J connectivity index is 1.67. The van der Waals surface area contributed by atoms with Crippen molar-refractivity contribution in [1.29, 1.82) is 5.26 Å². The highest BCUT2D eigenvalue weighted by atomic mass is 19.1. The fourth-order valence-electron chi connectivity index (χ4n) is 4.98. The first-order valence-electron chi connectivity index (χ1n) is 12.8. The first-order chi connectivity index (χ1) is 17.9. The molecule has 2 heterocycles. The number of ether oxygens (including phenoxy) is 2. The summed E-state index contributed by atoms with van der Waals surface area (Å²) in [4.78, 5) is 29.9. The number of carbonyl (C=O) groups excluding carboxylic acids is 2. The Hall–Kier alpha value is -2.98. The molecule has 0 radical (unpaired) electrons. The number of morpholine rings is 1. The minimum atomic E-state index is -1.70. The van der Waals surface area contributed by atoms with Gasteiger partial charge in [-0.3, -0.25) is 9.69 Å². The molecule has 1 aromatic rings. The number of hydrogen-bond donors (Lipinski definition) is 3. The lowest BCUT2D eigenvalue weighted by Crippen LogP contribution is -2.51. The van der Waals surface area contributed by atoms with Crippen LogP contribution < -0.4 is 5.32 Å². The van der Waals surface area contributed by atoms with Crippen molar-refractivity contribution in [3.8, 4) is 6.07 Å². The number of benzene rings is 1. The SMILES string of the molecule is CC(C)(C=C(C#N)C(=O)N1CCC[C@]1(C)COC(=O)N[C@H](CB(O)O)c1ccc(F)cc1)N1CCOCC1. The number of nitrogens with zero attached hydrogens (tertiary/aromatic N) is 3. The van der Waals surface area contributed by atoms with Crippen molar-refractivity contribution in [3.63, 3.8) is 0 Å². The van der Waals surface area contributed by atoms with Crippen LogP contribution in [0.3, 0.4) is 0 Å². The molecular formula is C26H36BFN4O6. The Morgan fingerprint density at radius 1 is 1.29 bits per heavy atom. The standard InChI is InChI=1S/C26H36BFN4O6/c1-25(2,31-11-13-37-14-12-31)15-20(17-29)23(33)32-10-4-9-26(32,3)18-38-24(34)30-22(16-27(35)36)19-5-7-21(28)8-6-19/h5-8,15,22,35-36H,4,9-14,16,18H2,1-3H3,(H,30,34)/t22-,26-/m1/s1. The van der Waals surface area contributed by atoms with Crippen molar-refractivity contribution in [2.75, 3.05) is 39.5 Å². The van der Waals surface area contributed by atoms with Gasteiger partial charge in [-0.05, 0) is 57.4 Å². The summed E-state index contributed by atoms with van der Waals surface area (Å²) in [5.41, 5.74) is -0.835. The predicted molar refractivity (Wildman–Crippen MR) is 138 cm³/mol. The van der Waals surface area contributed by atoms with Crippen molar-refractivity contribution < 1.29 is 33.5 Å². The Labute approximate surface area is 223 Å². The summed E-state index contributed by atoms with van der Waals surface area (Å²) in [6, 6.07) is 6.54. The number of halogens is 1. The fraction of sp³-hybridized carbons (Fsp3) is 0.577. The van der Waals surface area contributed by atoms with Crippen LogP contribution in [0.2, 0.25) is 6.32 Å². The number of rotatable bonds is 9. The normalized spacial score (nSPS) is 21.5. The minimum absolute atomic E-state index is 0.0346. The minimum Gasteiger partial charge on any atom is -0.447 e. The molecule has 0 bridgehead atoms. The predicted octanol–water partition coefficient (Wildman–Crippen LogP) is 2.01. The molecule has 3 N–H and O–H groups in total. The van der Waals surface area contributed by atoms with Gasteiger partial charge in [-0.15, -0.1) is 0 Å². The van der Waals surface area contributed by atoms with E-state index in [2.05, 4.69) is 16.3 Å². The molecule has 12 heteroatoms. The van der Waals surface area contributed by atoms with Crippen LogP contribution in [0.15, 0.2) is 35.9 Å². The lowest BCUT2D eigenvalue weighted by Gasteiger charge is -2.39. The van der Waals surface area contributed by atoms with Gasteiger partial charge in [0.25, 0.3) is 5.91 Å². The molecule has 2 fully saturated rings. The number of nitrogens with one attached hydrogen (secondary N) is 1. The van der Waals surface area contributed by atoms with Gasteiger partial charge in [0.1, 0.15) is 24.1 Å². The molecule has 3 rings (SSSR count). The van der Waals surface area contributed by atoms with Gasteiger partial charge in [0.05, 0.1) is 24.8 Å². The topological polar surface area (TPSA) is 135 Å². The van der Waals surface area contributed by atoms with Crippen LogP contribution in [-0.2, 0) is 14.3 Å². The maximum absolute atomic E-state index is 13.5. The van der Waals surface area contributed by atoms with Crippen LogP contribution >= 0.6 is 0 Å². The highest BCUT2D eigenvalue weighted by molar-refractivity contribution is 6.41. The van der Waals surface area contributed by atoms with Crippen LogP contribution in [0.1, 0.15) is 45.2 Å². The Morgan fingerprint density at radius 3 is 2.55 bits per heavy atom. The zero-order valence-electron chi connectivity index (χ0n) is 22.2. The summed E-state index contributed by atoms with van der Waals surface area (Å²) in [6.07, 6.45) is 1.92. The number of amides is 2. The highest BCUT2D eigenvalue weighted by Crippen LogP contribution is 2.32. The molecular weight excluding hydrogens is 494 g/mol. The van der Waals surface area contributed by atoms with Crippen molar-refractivity contribution >= 4 is 19.1 Å². The van der Waals surface area contributed by atoms with Gasteiger partial charge in [-0.1, -0.05) is 12.1 Å². The van der Waals surface area contributed by atoms with E-state index in [0.717, 1.165) is 0 Å². The lowest BCUT2D eigenvalue weighted by atomic mass is 9.79. The van der Waals surface area contributed by atoms with E-state index in [-0.39, 0.29) is 18.5 Å². The second-order valence-corrected chi connectivity index (χ2v) is 10.5. The fourth-order valence-corrected chi connectivity index (χ4v) is 4.98. The molecule has 0 spiro atoms. The zero-order chi connectivity index (χ0) is 27.9. The van der Waals surface area contributed by atoms with Crippen molar-refractivity contribution in [3.05, 3.63) is 47.3 Å². The van der Waals surface area contributed by atoms with E-state index in [1.807, 2.05) is 20.8 Å². The summed E-state index contributed by atoms with van der Waals surface area (Å²) in [5, 5.41) is 31.3. The first kappa shape index (κ1) is 29.6. The van der Waals surface area contributed by atoms with Crippen LogP contribution in [0.4, 0.5) is 9.18 Å². The van der Waals surface area contributed by atoms with Gasteiger partial charge in [-0.25, -0.2) is 9.18 Å². The highest BCUT2D eigenvalue weighted by Gasteiger charge is 2.42. The molecule has 38 heavy (non-hydrogen) atoms. The van der Waals surface area contributed by atoms with Gasteiger partial charge >= 0.3 is 13.2 Å². The number of alkyl carbamates (subject to hydrolysis) is 1. The average molecular weight is 530 g/mol. The lowest BCUT2D eigenvalue weighted by molar-refractivity contribution is -0.131. The van der Waals surface area contributed by atoms with Crippen molar-refractivity contribution in [2.45, 2.75) is 57.1 Å².